The van der Waals surface area contributed by atoms with Gasteiger partial charge >= 0.3 is 0 Å². The first kappa shape index (κ1) is 13.3. The Morgan fingerprint density at radius 3 is 2.37 bits per heavy atom. The molecule has 1 aromatic heterocycles. The van der Waals surface area contributed by atoms with Crippen molar-refractivity contribution >= 4 is 0 Å². The summed E-state index contributed by atoms with van der Waals surface area (Å²) >= 11 is 0. The third kappa shape index (κ3) is 3.44. The Kier molecular flexibility index (Phi) is 4.34. The fourth-order valence-electron chi connectivity index (χ4n) is 2.06. The molecule has 19 heavy (non-hydrogen) atoms. The first-order valence-corrected chi connectivity index (χ1v) is 6.56. The molecule has 1 aromatic carbocycles. The summed E-state index contributed by atoms with van der Waals surface area (Å²) in [6.45, 7) is 2.17. The minimum atomic E-state index is -0.217. The summed E-state index contributed by atoms with van der Waals surface area (Å²) in [5.41, 5.74) is 2.01. The lowest BCUT2D eigenvalue weighted by atomic mass is 10.0. The molecule has 2 N–H and O–H groups in total. The lowest BCUT2D eigenvalue weighted by Crippen LogP contribution is -1.95. The molecule has 0 aliphatic rings. The predicted octanol–water partition coefficient (Wildman–Crippen LogP) is 3.29. The van der Waals surface area contributed by atoms with Gasteiger partial charge in [0.2, 0.25) is 11.8 Å². The molecule has 0 unspecified atom stereocenters. The monoisotopic (exact) mass is 258 g/mol. The summed E-state index contributed by atoms with van der Waals surface area (Å²) in [5.74, 6) is -0.0682. The number of aromatic hydroxyl groups is 2. The molecule has 0 aliphatic carbocycles. The topological polar surface area (TPSA) is 66.2 Å². The minimum absolute atomic E-state index is 0.217. The molecular weight excluding hydrogens is 240 g/mol. The van der Waals surface area contributed by atoms with Crippen LogP contribution in [0.15, 0.2) is 30.3 Å². The number of benzene rings is 1. The Hall–Kier alpha value is -2.10. The summed E-state index contributed by atoms with van der Waals surface area (Å²) in [6.07, 6.45) is 4.41. The van der Waals surface area contributed by atoms with Crippen molar-refractivity contribution in [2.45, 2.75) is 32.6 Å². The van der Waals surface area contributed by atoms with E-state index in [1.807, 2.05) is 24.3 Å². The highest BCUT2D eigenvalue weighted by molar-refractivity contribution is 5.61. The van der Waals surface area contributed by atoms with Crippen LogP contribution in [0.2, 0.25) is 0 Å². The molecule has 0 spiro atoms. The molecule has 0 aliphatic heterocycles. The highest BCUT2D eigenvalue weighted by atomic mass is 16.3. The third-order valence-electron chi connectivity index (χ3n) is 3.01. The summed E-state index contributed by atoms with van der Waals surface area (Å²) < 4.78 is 0. The number of aromatic nitrogens is 2. The largest absolute Gasteiger partial charge is 0.493 e. The van der Waals surface area contributed by atoms with E-state index < -0.39 is 0 Å². The number of hydrogen-bond donors (Lipinski definition) is 2. The van der Waals surface area contributed by atoms with Crippen LogP contribution in [-0.4, -0.2) is 20.2 Å². The number of hydrogen-bond acceptors (Lipinski definition) is 4. The number of rotatable bonds is 5. The van der Waals surface area contributed by atoms with Gasteiger partial charge in [-0.15, -0.1) is 0 Å². The van der Waals surface area contributed by atoms with Crippen LogP contribution in [0.25, 0.3) is 11.4 Å². The molecule has 0 atom stereocenters. The molecular formula is C15H18N2O2. The van der Waals surface area contributed by atoms with Crippen LogP contribution in [0.4, 0.5) is 0 Å². The molecule has 0 saturated carbocycles. The van der Waals surface area contributed by atoms with Gasteiger partial charge < -0.3 is 10.2 Å². The molecule has 1 heterocycles. The number of unbranched alkanes of at least 4 members (excludes halogenated alkanes) is 2. The van der Waals surface area contributed by atoms with Gasteiger partial charge in [0.1, 0.15) is 0 Å². The quantitative estimate of drug-likeness (QED) is 0.808. The average Bonchev–Trinajstić information content (AvgIpc) is 2.38. The van der Waals surface area contributed by atoms with E-state index in [1.54, 1.807) is 0 Å². The van der Waals surface area contributed by atoms with Crippen molar-refractivity contribution in [3.8, 4) is 23.1 Å². The Balaban J connectivity index is 2.32. The second-order valence-electron chi connectivity index (χ2n) is 4.52. The minimum Gasteiger partial charge on any atom is -0.493 e. The van der Waals surface area contributed by atoms with Crippen molar-refractivity contribution in [1.82, 2.24) is 9.97 Å². The van der Waals surface area contributed by atoms with Crippen molar-refractivity contribution < 1.29 is 10.2 Å². The van der Waals surface area contributed by atoms with E-state index in [9.17, 15) is 10.2 Å². The average molecular weight is 258 g/mol. The molecule has 2 rings (SSSR count). The summed E-state index contributed by atoms with van der Waals surface area (Å²) in [5, 5.41) is 18.9. The fourth-order valence-corrected chi connectivity index (χ4v) is 2.06. The molecule has 0 radical (unpaired) electrons. The molecule has 0 fully saturated rings. The molecule has 0 bridgehead atoms. The van der Waals surface area contributed by atoms with E-state index in [2.05, 4.69) is 16.9 Å². The van der Waals surface area contributed by atoms with Gasteiger partial charge in [0.05, 0.1) is 6.07 Å². The summed E-state index contributed by atoms with van der Waals surface area (Å²) in [6, 6.07) is 8.96. The third-order valence-corrected chi connectivity index (χ3v) is 3.01. The van der Waals surface area contributed by atoms with Gasteiger partial charge in [-0.3, -0.25) is 0 Å². The van der Waals surface area contributed by atoms with Gasteiger partial charge in [-0.25, -0.2) is 0 Å². The van der Waals surface area contributed by atoms with Gasteiger partial charge in [-0.2, -0.15) is 9.97 Å². The van der Waals surface area contributed by atoms with Gasteiger partial charge in [0.25, 0.3) is 0 Å². The van der Waals surface area contributed by atoms with E-state index in [-0.39, 0.29) is 11.8 Å². The maximum absolute atomic E-state index is 9.45. The van der Waals surface area contributed by atoms with E-state index in [0.29, 0.717) is 5.82 Å². The van der Waals surface area contributed by atoms with Gasteiger partial charge in [0.15, 0.2) is 5.82 Å². The van der Waals surface area contributed by atoms with Gasteiger partial charge in [-0.05, 0) is 18.4 Å². The first-order valence-electron chi connectivity index (χ1n) is 6.56. The highest BCUT2D eigenvalue weighted by Crippen LogP contribution is 2.25. The molecule has 4 heteroatoms. The second kappa shape index (κ2) is 6.18. The lowest BCUT2D eigenvalue weighted by Gasteiger charge is -2.08. The summed E-state index contributed by atoms with van der Waals surface area (Å²) in [7, 11) is 0. The van der Waals surface area contributed by atoms with Crippen LogP contribution in [0.5, 0.6) is 11.8 Å². The zero-order chi connectivity index (χ0) is 13.7. The smallest absolute Gasteiger partial charge is 0.218 e. The Labute approximate surface area is 112 Å². The SMILES string of the molecule is CCCCCc1ccccc1-c1nc(O)cc(O)n1. The number of nitrogens with zero attached hydrogens (tertiary/aromatic N) is 2. The van der Waals surface area contributed by atoms with Crippen LogP contribution < -0.4 is 0 Å². The van der Waals surface area contributed by atoms with Crippen LogP contribution >= 0.6 is 0 Å². The molecule has 0 saturated heterocycles. The zero-order valence-electron chi connectivity index (χ0n) is 11.0. The Bertz CT molecular complexity index is 535. The maximum Gasteiger partial charge on any atom is 0.218 e. The molecule has 100 valence electrons. The zero-order valence-corrected chi connectivity index (χ0v) is 11.0. The van der Waals surface area contributed by atoms with Crippen LogP contribution in [0.1, 0.15) is 31.7 Å². The lowest BCUT2D eigenvalue weighted by molar-refractivity contribution is 0.423. The first-order chi connectivity index (χ1) is 9.20. The van der Waals surface area contributed by atoms with Gasteiger partial charge in [-0.1, -0.05) is 44.0 Å². The molecule has 2 aromatic rings. The summed E-state index contributed by atoms with van der Waals surface area (Å²) in [4.78, 5) is 7.96. The number of aryl methyl sites for hydroxylation is 1. The Morgan fingerprint density at radius 2 is 1.68 bits per heavy atom. The van der Waals surface area contributed by atoms with E-state index >= 15 is 0 Å². The molecule has 4 nitrogen and oxygen atoms in total. The van der Waals surface area contributed by atoms with Crippen LogP contribution in [0.3, 0.4) is 0 Å². The van der Waals surface area contributed by atoms with E-state index in [1.165, 1.54) is 12.8 Å². The normalized spacial score (nSPS) is 10.6. The van der Waals surface area contributed by atoms with Crippen molar-refractivity contribution in [3.05, 3.63) is 35.9 Å². The van der Waals surface area contributed by atoms with Crippen LogP contribution in [-0.2, 0) is 6.42 Å². The van der Waals surface area contributed by atoms with Gasteiger partial charge in [0, 0.05) is 5.56 Å². The second-order valence-corrected chi connectivity index (χ2v) is 4.52. The highest BCUT2D eigenvalue weighted by Gasteiger charge is 2.09. The fraction of sp³-hybridized carbons (Fsp3) is 0.333. The maximum atomic E-state index is 9.45. The Morgan fingerprint density at radius 1 is 1.00 bits per heavy atom. The molecule has 0 amide bonds. The van der Waals surface area contributed by atoms with Crippen molar-refractivity contribution in [1.29, 1.82) is 0 Å². The van der Waals surface area contributed by atoms with Crippen molar-refractivity contribution in [2.24, 2.45) is 0 Å². The van der Waals surface area contributed by atoms with Crippen molar-refractivity contribution in [3.63, 3.8) is 0 Å². The van der Waals surface area contributed by atoms with E-state index in [4.69, 9.17) is 0 Å². The standard InChI is InChI=1S/C15H18N2O2/c1-2-3-4-7-11-8-5-6-9-12(11)15-16-13(18)10-14(19)17-15/h5-6,8-10H,2-4,7H2,1H3,(H2,16,17,18,19). The van der Waals surface area contributed by atoms with Crippen LogP contribution in [0, 0.1) is 0 Å². The predicted molar refractivity (Wildman–Crippen MR) is 74.0 cm³/mol. The van der Waals surface area contributed by atoms with Crippen molar-refractivity contribution in [2.75, 3.05) is 0 Å². The van der Waals surface area contributed by atoms with E-state index in [0.717, 1.165) is 30.0 Å².